The van der Waals surface area contributed by atoms with Crippen molar-refractivity contribution in [3.63, 3.8) is 0 Å². The molecule has 0 radical (unpaired) electrons. The number of benzene rings is 2. The number of nitrogens with zero attached hydrogens (tertiary/aromatic N) is 1. The molecule has 2 aromatic carbocycles. The van der Waals surface area contributed by atoms with Gasteiger partial charge in [0.05, 0.1) is 6.21 Å². The number of aryl methyl sites for hydroxylation is 1. The van der Waals surface area contributed by atoms with Crippen molar-refractivity contribution in [1.29, 1.82) is 0 Å². The molecule has 0 unspecified atom stereocenters. The molecule has 0 aliphatic heterocycles. The minimum atomic E-state index is 0.000652. The standard InChI is InChI=1S/C22H23NO2/c1-15-7-5-6-8-18(15)21-12-10-17(25-21)14-23-19-13-16(22(2,3)4)9-11-20(19)24/h5-14,24H,1-4H3/b23-14+. The van der Waals surface area contributed by atoms with Crippen LogP contribution in [0.4, 0.5) is 5.69 Å². The van der Waals surface area contributed by atoms with Crippen LogP contribution in [0.25, 0.3) is 11.3 Å². The minimum Gasteiger partial charge on any atom is -0.506 e. The predicted molar refractivity (Wildman–Crippen MR) is 103 cm³/mol. The van der Waals surface area contributed by atoms with E-state index in [-0.39, 0.29) is 11.2 Å². The zero-order valence-electron chi connectivity index (χ0n) is 15.1. The van der Waals surface area contributed by atoms with E-state index >= 15 is 0 Å². The van der Waals surface area contributed by atoms with Gasteiger partial charge in [-0.05, 0) is 47.7 Å². The molecule has 3 heteroatoms. The van der Waals surface area contributed by atoms with Crippen molar-refractivity contribution in [3.8, 4) is 17.1 Å². The Hall–Kier alpha value is -2.81. The van der Waals surface area contributed by atoms with E-state index in [1.165, 1.54) is 0 Å². The topological polar surface area (TPSA) is 45.7 Å². The van der Waals surface area contributed by atoms with Gasteiger partial charge in [0, 0.05) is 5.56 Å². The summed E-state index contributed by atoms with van der Waals surface area (Å²) in [6.45, 7) is 8.46. The molecule has 0 fully saturated rings. The number of hydrogen-bond donors (Lipinski definition) is 1. The molecule has 0 spiro atoms. The molecule has 1 heterocycles. The van der Waals surface area contributed by atoms with Crippen LogP contribution in [0, 0.1) is 6.92 Å². The number of aromatic hydroxyl groups is 1. The second kappa shape index (κ2) is 6.60. The summed E-state index contributed by atoms with van der Waals surface area (Å²) in [5, 5.41) is 10.1. The molecular weight excluding hydrogens is 310 g/mol. The summed E-state index contributed by atoms with van der Waals surface area (Å²) >= 11 is 0. The molecule has 3 nitrogen and oxygen atoms in total. The second-order valence-corrected chi connectivity index (χ2v) is 7.23. The first-order valence-corrected chi connectivity index (χ1v) is 8.38. The van der Waals surface area contributed by atoms with Gasteiger partial charge < -0.3 is 9.52 Å². The van der Waals surface area contributed by atoms with Crippen molar-refractivity contribution in [3.05, 3.63) is 71.5 Å². The Morgan fingerprint density at radius 2 is 1.76 bits per heavy atom. The van der Waals surface area contributed by atoms with Crippen LogP contribution in [0.2, 0.25) is 0 Å². The highest BCUT2D eigenvalue weighted by molar-refractivity contribution is 5.81. The van der Waals surface area contributed by atoms with Crippen molar-refractivity contribution in [2.45, 2.75) is 33.1 Å². The first-order chi connectivity index (χ1) is 11.8. The highest BCUT2D eigenvalue weighted by Crippen LogP contribution is 2.32. The molecule has 1 N–H and O–H groups in total. The molecule has 0 aliphatic carbocycles. The summed E-state index contributed by atoms with van der Waals surface area (Å²) < 4.78 is 5.88. The largest absolute Gasteiger partial charge is 0.506 e. The van der Waals surface area contributed by atoms with Gasteiger partial charge in [-0.2, -0.15) is 0 Å². The Balaban J connectivity index is 1.88. The number of hydrogen-bond acceptors (Lipinski definition) is 3. The van der Waals surface area contributed by atoms with Crippen LogP contribution in [-0.4, -0.2) is 11.3 Å². The number of phenolic OH excluding ortho intramolecular Hbond substituents is 1. The number of phenols is 1. The molecule has 3 rings (SSSR count). The van der Waals surface area contributed by atoms with Crippen LogP contribution in [0.3, 0.4) is 0 Å². The summed E-state index contributed by atoms with van der Waals surface area (Å²) in [7, 11) is 0. The Morgan fingerprint density at radius 3 is 2.48 bits per heavy atom. The van der Waals surface area contributed by atoms with Crippen LogP contribution < -0.4 is 0 Å². The van der Waals surface area contributed by atoms with E-state index in [1.807, 2.05) is 42.5 Å². The average Bonchev–Trinajstić information content (AvgIpc) is 3.02. The second-order valence-electron chi connectivity index (χ2n) is 7.23. The lowest BCUT2D eigenvalue weighted by Gasteiger charge is -2.19. The maximum atomic E-state index is 10.1. The number of furan rings is 1. The number of rotatable bonds is 3. The van der Waals surface area contributed by atoms with E-state index in [0.717, 1.165) is 22.5 Å². The Morgan fingerprint density at radius 1 is 1.00 bits per heavy atom. The first kappa shape index (κ1) is 17.0. The van der Waals surface area contributed by atoms with E-state index in [2.05, 4.69) is 38.8 Å². The maximum absolute atomic E-state index is 10.1. The minimum absolute atomic E-state index is 0.000652. The average molecular weight is 333 g/mol. The fraction of sp³-hybridized carbons (Fsp3) is 0.227. The van der Waals surface area contributed by atoms with Crippen LogP contribution >= 0.6 is 0 Å². The van der Waals surface area contributed by atoms with Crippen LogP contribution in [-0.2, 0) is 5.41 Å². The van der Waals surface area contributed by atoms with Gasteiger partial charge in [-0.1, -0.05) is 51.1 Å². The van der Waals surface area contributed by atoms with Crippen LogP contribution in [0.5, 0.6) is 5.75 Å². The zero-order valence-corrected chi connectivity index (χ0v) is 15.1. The van der Waals surface area contributed by atoms with Crippen molar-refractivity contribution in [2.75, 3.05) is 0 Å². The normalized spacial score (nSPS) is 12.0. The Kier molecular flexibility index (Phi) is 4.49. The molecular formula is C22H23NO2. The monoisotopic (exact) mass is 333 g/mol. The highest BCUT2D eigenvalue weighted by Gasteiger charge is 2.15. The van der Waals surface area contributed by atoms with Gasteiger partial charge in [0.1, 0.15) is 23.0 Å². The molecule has 3 aromatic rings. The SMILES string of the molecule is Cc1ccccc1-c1ccc(/C=N/c2cc(C(C)(C)C)ccc2O)o1. The molecule has 0 saturated heterocycles. The van der Waals surface area contributed by atoms with Gasteiger partial charge in [-0.25, -0.2) is 4.99 Å². The first-order valence-electron chi connectivity index (χ1n) is 8.38. The predicted octanol–water partition coefficient (Wildman–Crippen LogP) is 6.01. The van der Waals surface area contributed by atoms with E-state index in [9.17, 15) is 5.11 Å². The molecule has 0 amide bonds. The van der Waals surface area contributed by atoms with Crippen molar-refractivity contribution in [2.24, 2.45) is 4.99 Å². The summed E-state index contributed by atoms with van der Waals surface area (Å²) in [6.07, 6.45) is 1.64. The highest BCUT2D eigenvalue weighted by atomic mass is 16.3. The van der Waals surface area contributed by atoms with Crippen molar-refractivity contribution in [1.82, 2.24) is 0 Å². The summed E-state index contributed by atoms with van der Waals surface area (Å²) in [6, 6.07) is 17.5. The van der Waals surface area contributed by atoms with Gasteiger partial charge in [-0.15, -0.1) is 0 Å². The lowest BCUT2D eigenvalue weighted by atomic mass is 9.87. The van der Waals surface area contributed by atoms with E-state index < -0.39 is 0 Å². The third-order valence-electron chi connectivity index (χ3n) is 4.21. The molecule has 25 heavy (non-hydrogen) atoms. The summed E-state index contributed by atoms with van der Waals surface area (Å²) in [5.74, 6) is 1.63. The van der Waals surface area contributed by atoms with Crippen LogP contribution in [0.15, 0.2) is 64.0 Å². The summed E-state index contributed by atoms with van der Waals surface area (Å²) in [4.78, 5) is 4.41. The lowest BCUT2D eigenvalue weighted by Crippen LogP contribution is -2.10. The van der Waals surface area contributed by atoms with Gasteiger partial charge in [0.25, 0.3) is 0 Å². The fourth-order valence-corrected chi connectivity index (χ4v) is 2.64. The molecule has 0 bridgehead atoms. The lowest BCUT2D eigenvalue weighted by molar-refractivity contribution is 0.475. The molecule has 0 atom stereocenters. The molecule has 1 aromatic heterocycles. The van der Waals surface area contributed by atoms with Gasteiger partial charge >= 0.3 is 0 Å². The Labute approximate surface area is 148 Å². The quantitative estimate of drug-likeness (QED) is 0.597. The third-order valence-corrected chi connectivity index (χ3v) is 4.21. The smallest absolute Gasteiger partial charge is 0.145 e. The zero-order chi connectivity index (χ0) is 18.0. The molecule has 128 valence electrons. The van der Waals surface area contributed by atoms with Gasteiger partial charge in [0.15, 0.2) is 0 Å². The molecule has 0 saturated carbocycles. The third kappa shape index (κ3) is 3.82. The van der Waals surface area contributed by atoms with E-state index in [4.69, 9.17) is 4.42 Å². The van der Waals surface area contributed by atoms with Crippen molar-refractivity contribution >= 4 is 11.9 Å². The van der Waals surface area contributed by atoms with Gasteiger partial charge in [0.2, 0.25) is 0 Å². The van der Waals surface area contributed by atoms with E-state index in [0.29, 0.717) is 11.4 Å². The van der Waals surface area contributed by atoms with Crippen LogP contribution in [0.1, 0.15) is 37.7 Å². The fourth-order valence-electron chi connectivity index (χ4n) is 2.64. The molecule has 0 aliphatic rings. The Bertz CT molecular complexity index is 914. The number of aliphatic imine (C=N–C) groups is 1. The summed E-state index contributed by atoms with van der Waals surface area (Å²) in [5.41, 5.74) is 3.90. The van der Waals surface area contributed by atoms with E-state index in [1.54, 1.807) is 12.3 Å². The van der Waals surface area contributed by atoms with Crippen molar-refractivity contribution < 1.29 is 9.52 Å². The maximum Gasteiger partial charge on any atom is 0.145 e. The van der Waals surface area contributed by atoms with Gasteiger partial charge in [-0.3, -0.25) is 0 Å².